The van der Waals surface area contributed by atoms with Crippen molar-refractivity contribution in [3.8, 4) is 11.3 Å². The molecule has 8 heteroatoms. The molecule has 148 valence electrons. The molecule has 0 amide bonds. The van der Waals surface area contributed by atoms with E-state index in [1.807, 2.05) is 25.3 Å². The molecule has 0 aromatic carbocycles. The van der Waals surface area contributed by atoms with Crippen LogP contribution >= 0.6 is 11.3 Å². The highest BCUT2D eigenvalue weighted by atomic mass is 32.1. The summed E-state index contributed by atoms with van der Waals surface area (Å²) in [7, 11) is 0. The Morgan fingerprint density at radius 3 is 3.00 bits per heavy atom. The molecule has 1 fully saturated rings. The fourth-order valence-electron chi connectivity index (χ4n) is 3.84. The van der Waals surface area contributed by atoms with Gasteiger partial charge in [-0.2, -0.15) is 5.10 Å². The van der Waals surface area contributed by atoms with Gasteiger partial charge in [0, 0.05) is 30.0 Å². The first-order valence-electron chi connectivity index (χ1n) is 9.89. The number of hydrogen-bond donors (Lipinski definition) is 2. The van der Waals surface area contributed by atoms with Crippen molar-refractivity contribution < 1.29 is 0 Å². The molecule has 1 saturated heterocycles. The molecule has 5 rings (SSSR count). The minimum absolute atomic E-state index is 0.656. The number of nitrogens with zero attached hydrogens (tertiary/aromatic N) is 5. The number of anilines is 2. The molecule has 29 heavy (non-hydrogen) atoms. The van der Waals surface area contributed by atoms with E-state index in [1.165, 1.54) is 36.3 Å². The van der Waals surface area contributed by atoms with Crippen LogP contribution in [0.2, 0.25) is 0 Å². The second-order valence-electron chi connectivity index (χ2n) is 7.58. The number of likely N-dealkylation sites (tertiary alicyclic amines) is 1. The Hall–Kier alpha value is -2.84. The maximum atomic E-state index is 4.76. The topological polar surface area (TPSA) is 82.6 Å². The number of aryl methyl sites for hydroxylation is 1. The van der Waals surface area contributed by atoms with E-state index in [-0.39, 0.29) is 0 Å². The zero-order valence-electron chi connectivity index (χ0n) is 16.5. The number of thiazole rings is 1. The molecule has 4 aromatic rings. The van der Waals surface area contributed by atoms with Crippen LogP contribution in [0.5, 0.6) is 0 Å². The molecule has 7 nitrogen and oxygen atoms in total. The summed E-state index contributed by atoms with van der Waals surface area (Å²) in [6.07, 6.45) is 6.25. The van der Waals surface area contributed by atoms with E-state index in [9.17, 15) is 0 Å². The lowest BCUT2D eigenvalue weighted by molar-refractivity contribution is 0.260. The lowest BCUT2D eigenvalue weighted by atomic mass is 10.2. The van der Waals surface area contributed by atoms with Crippen LogP contribution < -0.4 is 5.32 Å². The van der Waals surface area contributed by atoms with Gasteiger partial charge in [0.2, 0.25) is 0 Å². The van der Waals surface area contributed by atoms with E-state index in [0.717, 1.165) is 44.8 Å². The SMILES string of the molecule is Cc1[nH]ncc1-c1ccc2nc(Nc3cc(CN4CCCC4C)ccn3)sc2n1. The Balaban J connectivity index is 1.36. The van der Waals surface area contributed by atoms with E-state index in [2.05, 4.69) is 49.4 Å². The molecule has 0 spiro atoms. The second kappa shape index (κ2) is 7.53. The molecule has 0 radical (unpaired) electrons. The van der Waals surface area contributed by atoms with Crippen molar-refractivity contribution in [2.45, 2.75) is 39.3 Å². The van der Waals surface area contributed by atoms with Gasteiger partial charge in [-0.1, -0.05) is 11.3 Å². The summed E-state index contributed by atoms with van der Waals surface area (Å²) in [6.45, 7) is 6.44. The molecule has 0 bridgehead atoms. The van der Waals surface area contributed by atoms with Crippen molar-refractivity contribution in [1.29, 1.82) is 0 Å². The van der Waals surface area contributed by atoms with Gasteiger partial charge in [-0.15, -0.1) is 0 Å². The molecule has 1 aliphatic heterocycles. The highest BCUT2D eigenvalue weighted by Gasteiger charge is 2.20. The highest BCUT2D eigenvalue weighted by Crippen LogP contribution is 2.30. The Kier molecular flexibility index (Phi) is 4.73. The number of H-pyrrole nitrogens is 1. The van der Waals surface area contributed by atoms with E-state index in [0.29, 0.717) is 6.04 Å². The molecule has 1 unspecified atom stereocenters. The van der Waals surface area contributed by atoms with Crippen molar-refractivity contribution in [1.82, 2.24) is 30.0 Å². The largest absolute Gasteiger partial charge is 0.316 e. The van der Waals surface area contributed by atoms with Crippen molar-refractivity contribution in [3.63, 3.8) is 0 Å². The van der Waals surface area contributed by atoms with Gasteiger partial charge < -0.3 is 5.32 Å². The summed E-state index contributed by atoms with van der Waals surface area (Å²) >= 11 is 1.53. The Bertz CT molecular complexity index is 1150. The Morgan fingerprint density at radius 1 is 1.28 bits per heavy atom. The van der Waals surface area contributed by atoms with Gasteiger partial charge in [0.15, 0.2) is 5.13 Å². The van der Waals surface area contributed by atoms with Crippen LogP contribution in [0.15, 0.2) is 36.7 Å². The third-order valence-electron chi connectivity index (χ3n) is 5.50. The summed E-state index contributed by atoms with van der Waals surface area (Å²) in [5, 5.41) is 11.2. The van der Waals surface area contributed by atoms with Crippen molar-refractivity contribution in [2.24, 2.45) is 0 Å². The Morgan fingerprint density at radius 2 is 2.21 bits per heavy atom. The van der Waals surface area contributed by atoms with Crippen LogP contribution in [-0.4, -0.2) is 42.6 Å². The van der Waals surface area contributed by atoms with Crippen molar-refractivity contribution >= 4 is 32.6 Å². The second-order valence-corrected chi connectivity index (χ2v) is 8.56. The zero-order valence-corrected chi connectivity index (χ0v) is 17.3. The predicted molar refractivity (Wildman–Crippen MR) is 116 cm³/mol. The van der Waals surface area contributed by atoms with Gasteiger partial charge in [-0.25, -0.2) is 15.0 Å². The zero-order chi connectivity index (χ0) is 19.8. The minimum Gasteiger partial charge on any atom is -0.316 e. The lowest BCUT2D eigenvalue weighted by Crippen LogP contribution is -2.26. The predicted octanol–water partition coefficient (Wildman–Crippen LogP) is 4.51. The molecule has 1 aliphatic rings. The van der Waals surface area contributed by atoms with Gasteiger partial charge in [0.05, 0.1) is 11.9 Å². The smallest absolute Gasteiger partial charge is 0.190 e. The summed E-state index contributed by atoms with van der Waals surface area (Å²) in [5.41, 5.74) is 5.07. The van der Waals surface area contributed by atoms with E-state index in [1.54, 1.807) is 6.20 Å². The van der Waals surface area contributed by atoms with Crippen LogP contribution in [0.3, 0.4) is 0 Å². The number of fused-ring (bicyclic) bond motifs is 1. The molecule has 1 atom stereocenters. The summed E-state index contributed by atoms with van der Waals surface area (Å²) in [6, 6.07) is 8.85. The van der Waals surface area contributed by atoms with E-state index >= 15 is 0 Å². The maximum Gasteiger partial charge on any atom is 0.190 e. The van der Waals surface area contributed by atoms with Gasteiger partial charge in [-0.3, -0.25) is 10.00 Å². The average molecular weight is 406 g/mol. The average Bonchev–Trinajstić information content (AvgIpc) is 3.42. The number of pyridine rings is 2. The van der Waals surface area contributed by atoms with Crippen LogP contribution in [0.4, 0.5) is 10.9 Å². The summed E-state index contributed by atoms with van der Waals surface area (Å²) in [5.74, 6) is 0.819. The number of aromatic nitrogens is 5. The molecule has 5 heterocycles. The molecule has 0 saturated carbocycles. The van der Waals surface area contributed by atoms with E-state index < -0.39 is 0 Å². The van der Waals surface area contributed by atoms with Crippen molar-refractivity contribution in [3.05, 3.63) is 47.9 Å². The van der Waals surface area contributed by atoms with Gasteiger partial charge in [-0.05, 0) is 63.1 Å². The molecule has 0 aliphatic carbocycles. The number of hydrogen-bond acceptors (Lipinski definition) is 7. The first-order chi connectivity index (χ1) is 14.2. The molecular formula is C21H23N7S. The van der Waals surface area contributed by atoms with Crippen LogP contribution in [0.25, 0.3) is 21.6 Å². The van der Waals surface area contributed by atoms with Gasteiger partial charge in [0.25, 0.3) is 0 Å². The fraction of sp³-hybridized carbons (Fsp3) is 0.333. The number of nitrogens with one attached hydrogen (secondary N) is 2. The van der Waals surface area contributed by atoms with Crippen molar-refractivity contribution in [2.75, 3.05) is 11.9 Å². The monoisotopic (exact) mass is 405 g/mol. The quantitative estimate of drug-likeness (QED) is 0.508. The number of rotatable bonds is 5. The maximum absolute atomic E-state index is 4.76. The van der Waals surface area contributed by atoms with Gasteiger partial charge >= 0.3 is 0 Å². The summed E-state index contributed by atoms with van der Waals surface area (Å²) in [4.78, 5) is 17.3. The van der Waals surface area contributed by atoms with Crippen LogP contribution in [0.1, 0.15) is 31.0 Å². The molecule has 4 aromatic heterocycles. The van der Waals surface area contributed by atoms with Crippen LogP contribution in [-0.2, 0) is 6.54 Å². The fourth-order valence-corrected chi connectivity index (χ4v) is 4.69. The minimum atomic E-state index is 0.656. The standard InChI is InChI=1S/C21H23N7S/c1-13-4-3-9-28(13)12-15-7-8-22-19(10-15)26-21-25-18-6-5-17(24-20(18)29-21)16-11-23-27-14(16)2/h5-8,10-11,13H,3-4,9,12H2,1-2H3,(H,23,27)(H,22,25,26). The number of aromatic amines is 1. The third kappa shape index (κ3) is 3.73. The summed E-state index contributed by atoms with van der Waals surface area (Å²) < 4.78 is 0. The molecular weight excluding hydrogens is 382 g/mol. The molecule has 2 N–H and O–H groups in total. The van der Waals surface area contributed by atoms with Crippen LogP contribution in [0, 0.1) is 6.92 Å². The normalized spacial score (nSPS) is 17.2. The van der Waals surface area contributed by atoms with Gasteiger partial charge in [0.1, 0.15) is 16.2 Å². The first kappa shape index (κ1) is 18.2. The third-order valence-corrected chi connectivity index (χ3v) is 6.38. The highest BCUT2D eigenvalue weighted by molar-refractivity contribution is 7.21. The first-order valence-corrected chi connectivity index (χ1v) is 10.7. The van der Waals surface area contributed by atoms with E-state index in [4.69, 9.17) is 4.98 Å². The Labute approximate surface area is 173 Å². The lowest BCUT2D eigenvalue weighted by Gasteiger charge is -2.21.